The van der Waals surface area contributed by atoms with Crippen LogP contribution in [0.4, 0.5) is 5.69 Å². The monoisotopic (exact) mass is 552 g/mol. The van der Waals surface area contributed by atoms with Gasteiger partial charge in [0, 0.05) is 6.54 Å². The number of carbonyl (C=O) groups is 3. The second-order valence-electron chi connectivity index (χ2n) is 9.44. The van der Waals surface area contributed by atoms with Crippen molar-refractivity contribution in [1.29, 1.82) is 0 Å². The maximum Gasteiger partial charge on any atom is 0.339 e. The van der Waals surface area contributed by atoms with E-state index in [1.807, 2.05) is 28.8 Å². The van der Waals surface area contributed by atoms with E-state index in [4.69, 9.17) is 14.2 Å². The Labute approximate surface area is 231 Å². The van der Waals surface area contributed by atoms with Gasteiger partial charge in [0.05, 0.1) is 36.8 Å². The van der Waals surface area contributed by atoms with E-state index in [1.54, 1.807) is 6.08 Å². The first kappa shape index (κ1) is 29.4. The third-order valence-corrected chi connectivity index (χ3v) is 6.61. The molecule has 39 heavy (non-hydrogen) atoms. The molecule has 1 heterocycles. The minimum absolute atomic E-state index is 0.0343. The maximum absolute atomic E-state index is 12.8. The lowest BCUT2D eigenvalue weighted by atomic mass is 9.87. The lowest BCUT2D eigenvalue weighted by Gasteiger charge is -2.19. The van der Waals surface area contributed by atoms with E-state index in [0.29, 0.717) is 23.3 Å². The van der Waals surface area contributed by atoms with Crippen LogP contribution in [0.25, 0.3) is 0 Å². The van der Waals surface area contributed by atoms with Gasteiger partial charge in [-0.2, -0.15) is 0 Å². The van der Waals surface area contributed by atoms with E-state index in [0.717, 1.165) is 11.8 Å². The minimum Gasteiger partial charge on any atom is -0.486 e. The number of nitrogens with zero attached hydrogens (tertiary/aromatic N) is 3. The Balaban J connectivity index is 1.69. The number of thioether (sulfide) groups is 1. The van der Waals surface area contributed by atoms with E-state index >= 15 is 0 Å². The molecule has 0 aliphatic heterocycles. The molecule has 0 radical (unpaired) electrons. The smallest absolute Gasteiger partial charge is 0.339 e. The predicted molar refractivity (Wildman–Crippen MR) is 148 cm³/mol. The topological polar surface area (TPSA) is 122 Å². The Morgan fingerprint density at radius 1 is 1.03 bits per heavy atom. The number of benzene rings is 2. The number of rotatable bonds is 11. The first-order chi connectivity index (χ1) is 18.6. The molecule has 10 nitrogen and oxygen atoms in total. The Morgan fingerprint density at radius 2 is 1.72 bits per heavy atom. The number of methoxy groups -OCH3 is 2. The lowest BCUT2D eigenvalue weighted by Crippen LogP contribution is -2.18. The number of allylic oxidation sites excluding steroid dienone is 1. The number of hydrogen-bond acceptors (Lipinski definition) is 9. The maximum atomic E-state index is 12.8. The highest BCUT2D eigenvalue weighted by Crippen LogP contribution is 2.25. The molecule has 0 atom stereocenters. The van der Waals surface area contributed by atoms with Crippen molar-refractivity contribution in [3.05, 3.63) is 77.6 Å². The highest BCUT2D eigenvalue weighted by molar-refractivity contribution is 7.99. The number of ether oxygens (including phenoxy) is 3. The van der Waals surface area contributed by atoms with Gasteiger partial charge in [-0.3, -0.25) is 9.36 Å². The molecule has 1 aromatic heterocycles. The van der Waals surface area contributed by atoms with Gasteiger partial charge in [0.2, 0.25) is 5.91 Å². The van der Waals surface area contributed by atoms with Crippen molar-refractivity contribution < 1.29 is 28.6 Å². The number of amides is 1. The van der Waals surface area contributed by atoms with Crippen molar-refractivity contribution in [2.75, 3.05) is 25.3 Å². The fourth-order valence-electron chi connectivity index (χ4n) is 3.54. The summed E-state index contributed by atoms with van der Waals surface area (Å²) in [5, 5.41) is 11.6. The number of carbonyl (C=O) groups excluding carboxylic acids is 3. The fourth-order valence-corrected chi connectivity index (χ4v) is 4.31. The zero-order valence-electron chi connectivity index (χ0n) is 22.6. The second-order valence-corrected chi connectivity index (χ2v) is 10.4. The summed E-state index contributed by atoms with van der Waals surface area (Å²) >= 11 is 1.16. The average Bonchev–Trinajstić information content (AvgIpc) is 3.31. The third-order valence-electron chi connectivity index (χ3n) is 5.65. The van der Waals surface area contributed by atoms with Crippen molar-refractivity contribution >= 4 is 35.3 Å². The highest BCUT2D eigenvalue weighted by atomic mass is 32.2. The quantitative estimate of drug-likeness (QED) is 0.206. The van der Waals surface area contributed by atoms with E-state index in [2.05, 4.69) is 42.9 Å². The normalized spacial score (nSPS) is 11.0. The van der Waals surface area contributed by atoms with Crippen LogP contribution >= 0.6 is 11.8 Å². The summed E-state index contributed by atoms with van der Waals surface area (Å²) in [6.07, 6.45) is 1.70. The SMILES string of the molecule is C=CCn1c(COc2ccc(C(C)(C)C)cc2)nnc1SCC(=O)Nc1cc(C(=O)OC)ccc1C(=O)OC. The van der Waals surface area contributed by atoms with Gasteiger partial charge in [-0.25, -0.2) is 9.59 Å². The second kappa shape index (κ2) is 13.1. The molecule has 0 fully saturated rings. The van der Waals surface area contributed by atoms with E-state index in [1.165, 1.54) is 38.0 Å². The van der Waals surface area contributed by atoms with Crippen molar-refractivity contribution in [2.45, 2.75) is 44.5 Å². The number of anilines is 1. The van der Waals surface area contributed by atoms with E-state index < -0.39 is 17.8 Å². The van der Waals surface area contributed by atoms with Gasteiger partial charge in [-0.05, 0) is 41.3 Å². The van der Waals surface area contributed by atoms with Gasteiger partial charge >= 0.3 is 11.9 Å². The average molecular weight is 553 g/mol. The van der Waals surface area contributed by atoms with Crippen LogP contribution in [0, 0.1) is 0 Å². The molecule has 3 rings (SSSR count). The molecule has 0 bridgehead atoms. The van der Waals surface area contributed by atoms with Crippen molar-refractivity contribution in [3.8, 4) is 5.75 Å². The molecule has 1 N–H and O–H groups in total. The Hall–Kier alpha value is -4.12. The number of esters is 2. The molecule has 3 aromatic rings. The molecule has 11 heteroatoms. The van der Waals surface area contributed by atoms with Gasteiger partial charge in [0.25, 0.3) is 0 Å². The molecule has 0 aliphatic rings. The van der Waals surface area contributed by atoms with Crippen LogP contribution in [0.2, 0.25) is 0 Å². The van der Waals surface area contributed by atoms with Crippen molar-refractivity contribution in [2.24, 2.45) is 0 Å². The van der Waals surface area contributed by atoms with E-state index in [9.17, 15) is 14.4 Å². The van der Waals surface area contributed by atoms with Crippen LogP contribution in [-0.2, 0) is 32.8 Å². The molecule has 0 saturated heterocycles. The van der Waals surface area contributed by atoms with Crippen LogP contribution in [0.15, 0.2) is 60.3 Å². The van der Waals surface area contributed by atoms with Crippen LogP contribution in [-0.4, -0.2) is 52.6 Å². The molecular weight excluding hydrogens is 520 g/mol. The highest BCUT2D eigenvalue weighted by Gasteiger charge is 2.19. The Morgan fingerprint density at radius 3 is 2.33 bits per heavy atom. The Bertz CT molecular complexity index is 1350. The largest absolute Gasteiger partial charge is 0.486 e. The third kappa shape index (κ3) is 7.70. The van der Waals surface area contributed by atoms with Gasteiger partial charge in [-0.15, -0.1) is 16.8 Å². The van der Waals surface area contributed by atoms with Crippen LogP contribution < -0.4 is 10.1 Å². The molecule has 0 saturated carbocycles. The first-order valence-corrected chi connectivity index (χ1v) is 13.1. The zero-order chi connectivity index (χ0) is 28.6. The number of aromatic nitrogens is 3. The minimum atomic E-state index is -0.655. The molecule has 1 amide bonds. The van der Waals surface area contributed by atoms with E-state index in [-0.39, 0.29) is 34.6 Å². The molecule has 2 aromatic carbocycles. The predicted octanol–water partition coefficient (Wildman–Crippen LogP) is 4.64. The summed E-state index contributed by atoms with van der Waals surface area (Å²) in [5.74, 6) is -0.423. The summed E-state index contributed by atoms with van der Waals surface area (Å²) in [7, 11) is 2.47. The van der Waals surface area contributed by atoms with Gasteiger partial charge in [-0.1, -0.05) is 50.7 Å². The summed E-state index contributed by atoms with van der Waals surface area (Å²) in [6.45, 7) is 10.9. The lowest BCUT2D eigenvalue weighted by molar-refractivity contribution is -0.113. The standard InChI is InChI=1S/C28H32N4O6S/c1-7-14-32-23(16-38-20-11-9-19(10-12-20)28(2,3)4)30-31-27(32)39-17-24(33)29-22-15-18(25(34)36-5)8-13-21(22)26(35)37-6/h7-13,15H,1,14,16-17H2,2-6H3,(H,29,33). The van der Waals surface area contributed by atoms with Gasteiger partial charge in [0.1, 0.15) is 12.4 Å². The fraction of sp³-hybridized carbons (Fsp3) is 0.321. The molecule has 206 valence electrons. The number of nitrogens with one attached hydrogen (secondary N) is 1. The van der Waals surface area contributed by atoms with Crippen LogP contribution in [0.3, 0.4) is 0 Å². The molecule has 0 aliphatic carbocycles. The summed E-state index contributed by atoms with van der Waals surface area (Å²) < 4.78 is 17.2. The van der Waals surface area contributed by atoms with Crippen molar-refractivity contribution in [1.82, 2.24) is 14.8 Å². The molecule has 0 spiro atoms. The summed E-state index contributed by atoms with van der Waals surface area (Å²) in [6, 6.07) is 12.1. The zero-order valence-corrected chi connectivity index (χ0v) is 23.5. The number of hydrogen-bond donors (Lipinski definition) is 1. The first-order valence-electron chi connectivity index (χ1n) is 12.1. The summed E-state index contributed by atoms with van der Waals surface area (Å²) in [4.78, 5) is 36.9. The molecular formula is C28H32N4O6S. The summed E-state index contributed by atoms with van der Waals surface area (Å²) in [5.41, 5.74) is 1.67. The van der Waals surface area contributed by atoms with Crippen LogP contribution in [0.1, 0.15) is 52.9 Å². The van der Waals surface area contributed by atoms with Gasteiger partial charge < -0.3 is 19.5 Å². The van der Waals surface area contributed by atoms with Crippen LogP contribution in [0.5, 0.6) is 5.75 Å². The van der Waals surface area contributed by atoms with Crippen molar-refractivity contribution in [3.63, 3.8) is 0 Å². The van der Waals surface area contributed by atoms with Gasteiger partial charge in [0.15, 0.2) is 11.0 Å². The molecule has 0 unspecified atom stereocenters. The Kier molecular flexibility index (Phi) is 9.89.